The number of hydrogen-bond acceptors (Lipinski definition) is 7. The lowest BCUT2D eigenvalue weighted by Gasteiger charge is -2.33. The molecule has 3 aromatic rings. The molecule has 3 heterocycles. The van der Waals surface area contributed by atoms with Gasteiger partial charge >= 0.3 is 0 Å². The third kappa shape index (κ3) is 4.04. The van der Waals surface area contributed by atoms with Gasteiger partial charge in [-0.15, -0.1) is 0 Å². The SMILES string of the molecule is COc1cccc(OC2CCN(c3nc4cnccc4nc3NC3CC3)CC2)c1. The van der Waals surface area contributed by atoms with E-state index < -0.39 is 0 Å². The maximum atomic E-state index is 6.19. The van der Waals surface area contributed by atoms with E-state index in [-0.39, 0.29) is 6.10 Å². The maximum absolute atomic E-state index is 6.19. The molecule has 29 heavy (non-hydrogen) atoms. The van der Waals surface area contributed by atoms with Crippen molar-refractivity contribution in [3.63, 3.8) is 0 Å². The van der Waals surface area contributed by atoms with Crippen LogP contribution in [0.5, 0.6) is 11.5 Å². The largest absolute Gasteiger partial charge is 0.497 e. The van der Waals surface area contributed by atoms with Gasteiger partial charge < -0.3 is 19.7 Å². The lowest BCUT2D eigenvalue weighted by molar-refractivity contribution is 0.170. The highest BCUT2D eigenvalue weighted by Gasteiger charge is 2.28. The van der Waals surface area contributed by atoms with Crippen LogP contribution in [0.1, 0.15) is 25.7 Å². The second-order valence-corrected chi connectivity index (χ2v) is 7.66. The van der Waals surface area contributed by atoms with Gasteiger partial charge in [0.15, 0.2) is 11.6 Å². The van der Waals surface area contributed by atoms with E-state index in [1.54, 1.807) is 19.5 Å². The normalized spacial score (nSPS) is 17.3. The highest BCUT2D eigenvalue weighted by molar-refractivity contribution is 5.80. The molecule has 0 radical (unpaired) electrons. The van der Waals surface area contributed by atoms with Gasteiger partial charge in [0, 0.05) is 44.2 Å². The second kappa shape index (κ2) is 7.73. The summed E-state index contributed by atoms with van der Waals surface area (Å²) >= 11 is 0. The van der Waals surface area contributed by atoms with E-state index in [0.29, 0.717) is 6.04 Å². The summed E-state index contributed by atoms with van der Waals surface area (Å²) < 4.78 is 11.5. The molecule has 1 saturated heterocycles. The summed E-state index contributed by atoms with van der Waals surface area (Å²) in [5.74, 6) is 3.49. The Morgan fingerprint density at radius 2 is 1.83 bits per heavy atom. The molecular formula is C22H25N5O2. The van der Waals surface area contributed by atoms with E-state index in [1.165, 1.54) is 12.8 Å². The second-order valence-electron chi connectivity index (χ2n) is 7.66. The average molecular weight is 391 g/mol. The van der Waals surface area contributed by atoms with E-state index in [0.717, 1.165) is 60.1 Å². The van der Waals surface area contributed by atoms with Crippen LogP contribution in [0, 0.1) is 0 Å². The third-order valence-corrected chi connectivity index (χ3v) is 5.45. The van der Waals surface area contributed by atoms with Gasteiger partial charge in [0.2, 0.25) is 0 Å². The van der Waals surface area contributed by atoms with Gasteiger partial charge in [0.25, 0.3) is 0 Å². The Hall–Kier alpha value is -3.09. The minimum absolute atomic E-state index is 0.188. The molecule has 1 saturated carbocycles. The van der Waals surface area contributed by atoms with E-state index in [4.69, 9.17) is 19.4 Å². The number of ether oxygens (including phenoxy) is 2. The molecule has 1 aromatic carbocycles. The summed E-state index contributed by atoms with van der Waals surface area (Å²) in [5.41, 5.74) is 1.71. The van der Waals surface area contributed by atoms with Gasteiger partial charge in [-0.3, -0.25) is 4.98 Å². The number of benzene rings is 1. The van der Waals surface area contributed by atoms with Crippen molar-refractivity contribution in [1.82, 2.24) is 15.0 Å². The van der Waals surface area contributed by atoms with E-state index in [2.05, 4.69) is 15.2 Å². The molecule has 1 aliphatic carbocycles. The first kappa shape index (κ1) is 18.0. The molecule has 0 bridgehead atoms. The Kier molecular flexibility index (Phi) is 4.79. The monoisotopic (exact) mass is 391 g/mol. The zero-order chi connectivity index (χ0) is 19.6. The van der Waals surface area contributed by atoms with Crippen molar-refractivity contribution in [3.05, 3.63) is 42.7 Å². The molecule has 2 aromatic heterocycles. The van der Waals surface area contributed by atoms with Crippen molar-refractivity contribution in [2.24, 2.45) is 0 Å². The fourth-order valence-corrected chi connectivity index (χ4v) is 3.69. The van der Waals surface area contributed by atoms with Crippen LogP contribution < -0.4 is 19.7 Å². The number of nitrogens with zero attached hydrogens (tertiary/aromatic N) is 4. The van der Waals surface area contributed by atoms with E-state index in [9.17, 15) is 0 Å². The van der Waals surface area contributed by atoms with Crippen molar-refractivity contribution < 1.29 is 9.47 Å². The molecule has 150 valence electrons. The molecule has 5 rings (SSSR count). The smallest absolute Gasteiger partial charge is 0.172 e. The van der Waals surface area contributed by atoms with Crippen molar-refractivity contribution in [1.29, 1.82) is 0 Å². The van der Waals surface area contributed by atoms with Crippen molar-refractivity contribution in [3.8, 4) is 11.5 Å². The van der Waals surface area contributed by atoms with E-state index in [1.807, 2.05) is 30.3 Å². The van der Waals surface area contributed by atoms with Gasteiger partial charge in [-0.1, -0.05) is 6.07 Å². The van der Waals surface area contributed by atoms with Crippen LogP contribution in [0.4, 0.5) is 11.6 Å². The molecule has 0 amide bonds. The number of pyridine rings is 1. The van der Waals surface area contributed by atoms with Crippen LogP contribution in [0.25, 0.3) is 11.0 Å². The van der Waals surface area contributed by atoms with Crippen LogP contribution in [0.2, 0.25) is 0 Å². The van der Waals surface area contributed by atoms with Gasteiger partial charge in [0.1, 0.15) is 23.1 Å². The fraction of sp³-hybridized carbons (Fsp3) is 0.409. The Balaban J connectivity index is 1.31. The van der Waals surface area contributed by atoms with Gasteiger partial charge in [0.05, 0.1) is 18.8 Å². The summed E-state index contributed by atoms with van der Waals surface area (Å²) in [6.45, 7) is 1.77. The fourth-order valence-electron chi connectivity index (χ4n) is 3.69. The predicted octanol–water partition coefficient (Wildman–Crippen LogP) is 3.66. The van der Waals surface area contributed by atoms with Gasteiger partial charge in [-0.2, -0.15) is 0 Å². The van der Waals surface area contributed by atoms with Crippen molar-refractivity contribution >= 4 is 22.7 Å². The number of fused-ring (bicyclic) bond motifs is 1. The Morgan fingerprint density at radius 1 is 1.00 bits per heavy atom. The molecular weight excluding hydrogens is 366 g/mol. The van der Waals surface area contributed by atoms with Gasteiger partial charge in [-0.25, -0.2) is 9.97 Å². The Bertz CT molecular complexity index is 999. The molecule has 0 atom stereocenters. The predicted molar refractivity (Wildman–Crippen MR) is 113 cm³/mol. The lowest BCUT2D eigenvalue weighted by Crippen LogP contribution is -2.39. The number of anilines is 2. The van der Waals surface area contributed by atoms with Crippen LogP contribution in [-0.4, -0.2) is 47.3 Å². The minimum Gasteiger partial charge on any atom is -0.497 e. The lowest BCUT2D eigenvalue weighted by atomic mass is 10.1. The zero-order valence-corrected chi connectivity index (χ0v) is 16.5. The first-order chi connectivity index (χ1) is 14.3. The van der Waals surface area contributed by atoms with Crippen molar-refractivity contribution in [2.45, 2.75) is 37.8 Å². The minimum atomic E-state index is 0.188. The molecule has 2 aliphatic rings. The summed E-state index contributed by atoms with van der Waals surface area (Å²) in [6, 6.07) is 10.2. The Morgan fingerprint density at radius 3 is 2.62 bits per heavy atom. The number of hydrogen-bond donors (Lipinski definition) is 1. The highest BCUT2D eigenvalue weighted by Crippen LogP contribution is 2.32. The molecule has 1 aliphatic heterocycles. The summed E-state index contributed by atoms with van der Waals surface area (Å²) in [5, 5.41) is 3.56. The number of rotatable bonds is 6. The topological polar surface area (TPSA) is 72.4 Å². The molecule has 0 spiro atoms. The third-order valence-electron chi connectivity index (χ3n) is 5.45. The van der Waals surface area contributed by atoms with E-state index >= 15 is 0 Å². The van der Waals surface area contributed by atoms with Crippen LogP contribution in [-0.2, 0) is 0 Å². The number of methoxy groups -OCH3 is 1. The maximum Gasteiger partial charge on any atom is 0.172 e. The number of piperidine rings is 1. The standard InChI is InChI=1S/C22H25N5O2/c1-28-17-3-2-4-18(13-17)29-16-8-11-27(12-9-16)22-21(24-15-5-6-15)25-19-7-10-23-14-20(19)26-22/h2-4,7,10,13-16H,5-6,8-9,11-12H2,1H3,(H,24,25). The number of aromatic nitrogens is 3. The van der Waals surface area contributed by atoms with Gasteiger partial charge in [-0.05, 0) is 31.0 Å². The van der Waals surface area contributed by atoms with Crippen LogP contribution in [0.3, 0.4) is 0 Å². The molecule has 2 fully saturated rings. The summed E-state index contributed by atoms with van der Waals surface area (Å²) in [6.07, 6.45) is 8.01. The molecule has 7 heteroatoms. The summed E-state index contributed by atoms with van der Waals surface area (Å²) in [7, 11) is 1.67. The summed E-state index contributed by atoms with van der Waals surface area (Å²) in [4.78, 5) is 16.2. The van der Waals surface area contributed by atoms with Crippen molar-refractivity contribution in [2.75, 3.05) is 30.4 Å². The molecule has 7 nitrogen and oxygen atoms in total. The quantitative estimate of drug-likeness (QED) is 0.687. The molecule has 0 unspecified atom stereocenters. The number of nitrogens with one attached hydrogen (secondary N) is 1. The Labute approximate surface area is 170 Å². The van der Waals surface area contributed by atoms with Crippen LogP contribution in [0.15, 0.2) is 42.7 Å². The zero-order valence-electron chi connectivity index (χ0n) is 16.5. The first-order valence-electron chi connectivity index (χ1n) is 10.2. The first-order valence-corrected chi connectivity index (χ1v) is 10.2. The van der Waals surface area contributed by atoms with Crippen LogP contribution >= 0.6 is 0 Å². The average Bonchev–Trinajstić information content (AvgIpc) is 3.58. The molecule has 1 N–H and O–H groups in total. The highest BCUT2D eigenvalue weighted by atomic mass is 16.5.